The van der Waals surface area contributed by atoms with Crippen LogP contribution in [0.15, 0.2) is 23.8 Å². The molecule has 0 saturated carbocycles. The second-order valence-corrected chi connectivity index (χ2v) is 10.2. The van der Waals surface area contributed by atoms with Crippen molar-refractivity contribution < 1.29 is 29.6 Å². The van der Waals surface area contributed by atoms with E-state index in [1.807, 2.05) is 20.8 Å². The number of ether oxygens (including phenoxy) is 1. The summed E-state index contributed by atoms with van der Waals surface area (Å²) in [6, 6.07) is 0. The predicted octanol–water partition coefficient (Wildman–Crippen LogP) is 4.11. The van der Waals surface area contributed by atoms with Crippen LogP contribution in [0, 0.1) is 29.1 Å². The maximum absolute atomic E-state index is 12.8. The Balaban J connectivity index is 2.12. The third kappa shape index (κ3) is 6.91. The first kappa shape index (κ1) is 25.6. The average molecular weight is 437 g/mol. The SMILES string of the molecule is CCC(C)(C)C(=O)O[C@H]1C[C@H](C)C=C2C=C[C@H](C)[C@H](CC[C@@H](O)C[C@@H](O)CC(=O)O)[C@H]21. The third-order valence-corrected chi connectivity index (χ3v) is 7.08. The minimum atomic E-state index is -1.07. The Hall–Kier alpha value is -1.66. The number of aliphatic hydroxyl groups is 2. The zero-order valence-electron chi connectivity index (χ0n) is 19.6. The van der Waals surface area contributed by atoms with E-state index in [1.165, 1.54) is 5.57 Å². The van der Waals surface area contributed by atoms with Crippen LogP contribution in [-0.2, 0) is 14.3 Å². The average Bonchev–Trinajstić information content (AvgIpc) is 2.66. The summed E-state index contributed by atoms with van der Waals surface area (Å²) >= 11 is 0. The summed E-state index contributed by atoms with van der Waals surface area (Å²) in [7, 11) is 0. The maximum Gasteiger partial charge on any atom is 0.311 e. The number of carboxylic acids is 1. The molecule has 31 heavy (non-hydrogen) atoms. The number of hydrogen-bond acceptors (Lipinski definition) is 5. The van der Waals surface area contributed by atoms with Crippen molar-refractivity contribution in [2.45, 2.75) is 91.5 Å². The fourth-order valence-corrected chi connectivity index (χ4v) is 4.76. The van der Waals surface area contributed by atoms with Gasteiger partial charge in [0.2, 0.25) is 0 Å². The van der Waals surface area contributed by atoms with Crippen LogP contribution in [0.3, 0.4) is 0 Å². The number of carboxylic acid groups (broad SMARTS) is 1. The molecule has 0 heterocycles. The van der Waals surface area contributed by atoms with E-state index in [0.29, 0.717) is 25.2 Å². The summed E-state index contributed by atoms with van der Waals surface area (Å²) in [5, 5.41) is 29.0. The number of carbonyl (C=O) groups is 2. The number of fused-ring (bicyclic) bond motifs is 1. The summed E-state index contributed by atoms with van der Waals surface area (Å²) in [5.74, 6) is -0.347. The lowest BCUT2D eigenvalue weighted by atomic mass is 9.65. The molecule has 0 spiro atoms. The van der Waals surface area contributed by atoms with Gasteiger partial charge in [-0.25, -0.2) is 0 Å². The Morgan fingerprint density at radius 3 is 2.52 bits per heavy atom. The van der Waals surface area contributed by atoms with Gasteiger partial charge < -0.3 is 20.1 Å². The molecule has 0 aliphatic heterocycles. The second kappa shape index (κ2) is 10.8. The van der Waals surface area contributed by atoms with Crippen molar-refractivity contribution in [2.75, 3.05) is 0 Å². The lowest BCUT2D eigenvalue weighted by Crippen LogP contribution is -2.43. The Labute approximate surface area is 186 Å². The van der Waals surface area contributed by atoms with Crippen LogP contribution >= 0.6 is 0 Å². The first-order valence-corrected chi connectivity index (χ1v) is 11.6. The number of rotatable bonds is 10. The van der Waals surface area contributed by atoms with Crippen molar-refractivity contribution in [1.82, 2.24) is 0 Å². The number of esters is 1. The molecule has 0 saturated heterocycles. The predicted molar refractivity (Wildman–Crippen MR) is 119 cm³/mol. The molecule has 7 atom stereocenters. The highest BCUT2D eigenvalue weighted by Gasteiger charge is 2.42. The molecule has 0 aromatic carbocycles. The number of aliphatic hydroxyl groups excluding tert-OH is 2. The molecule has 0 fully saturated rings. The Morgan fingerprint density at radius 2 is 1.90 bits per heavy atom. The summed E-state index contributed by atoms with van der Waals surface area (Å²) in [4.78, 5) is 23.6. The molecule has 0 bridgehead atoms. The monoisotopic (exact) mass is 436 g/mol. The van der Waals surface area contributed by atoms with Gasteiger partial charge in [-0.1, -0.05) is 39.0 Å². The zero-order chi connectivity index (χ0) is 23.3. The first-order chi connectivity index (χ1) is 14.4. The van der Waals surface area contributed by atoms with Gasteiger partial charge in [0.1, 0.15) is 6.10 Å². The van der Waals surface area contributed by atoms with Crippen molar-refractivity contribution in [3.8, 4) is 0 Å². The molecule has 0 aromatic rings. The van der Waals surface area contributed by atoms with Crippen LogP contribution in [-0.4, -0.2) is 45.6 Å². The molecule has 0 unspecified atom stereocenters. The van der Waals surface area contributed by atoms with Gasteiger partial charge in [0.25, 0.3) is 0 Å². The van der Waals surface area contributed by atoms with Gasteiger partial charge in [0, 0.05) is 5.92 Å². The summed E-state index contributed by atoms with van der Waals surface area (Å²) in [6.07, 6.45) is 6.98. The van der Waals surface area contributed by atoms with E-state index < -0.39 is 23.6 Å². The van der Waals surface area contributed by atoms with Crippen molar-refractivity contribution >= 4 is 11.9 Å². The van der Waals surface area contributed by atoms with Crippen molar-refractivity contribution in [3.05, 3.63) is 23.8 Å². The van der Waals surface area contributed by atoms with E-state index in [-0.39, 0.29) is 42.7 Å². The third-order valence-electron chi connectivity index (χ3n) is 7.08. The van der Waals surface area contributed by atoms with Gasteiger partial charge in [0.05, 0.1) is 24.0 Å². The van der Waals surface area contributed by atoms with Crippen LogP contribution in [0.25, 0.3) is 0 Å². The summed E-state index contributed by atoms with van der Waals surface area (Å²) in [6.45, 7) is 10.1. The first-order valence-electron chi connectivity index (χ1n) is 11.6. The quantitative estimate of drug-likeness (QED) is 0.445. The van der Waals surface area contributed by atoms with Crippen LogP contribution in [0.5, 0.6) is 0 Å². The lowest BCUT2D eigenvalue weighted by molar-refractivity contribution is -0.164. The van der Waals surface area contributed by atoms with E-state index >= 15 is 0 Å². The van der Waals surface area contributed by atoms with E-state index in [1.54, 1.807) is 0 Å². The Kier molecular flexibility index (Phi) is 8.90. The highest BCUT2D eigenvalue weighted by Crippen LogP contribution is 2.45. The molecule has 2 rings (SSSR count). The fraction of sp³-hybridized carbons (Fsp3) is 0.760. The molecule has 176 valence electrons. The molecular formula is C25H40O6. The van der Waals surface area contributed by atoms with Crippen LogP contribution in [0.2, 0.25) is 0 Å². The van der Waals surface area contributed by atoms with Gasteiger partial charge in [-0.2, -0.15) is 0 Å². The van der Waals surface area contributed by atoms with E-state index in [2.05, 4.69) is 32.1 Å². The molecule has 0 radical (unpaired) electrons. The van der Waals surface area contributed by atoms with E-state index in [0.717, 1.165) is 6.42 Å². The smallest absolute Gasteiger partial charge is 0.311 e. The van der Waals surface area contributed by atoms with Gasteiger partial charge in [-0.05, 0) is 69.3 Å². The number of hydrogen-bond donors (Lipinski definition) is 3. The Morgan fingerprint density at radius 1 is 1.23 bits per heavy atom. The minimum Gasteiger partial charge on any atom is -0.481 e. The number of aliphatic carboxylic acids is 1. The van der Waals surface area contributed by atoms with E-state index in [4.69, 9.17) is 9.84 Å². The highest BCUT2D eigenvalue weighted by molar-refractivity contribution is 5.76. The maximum atomic E-state index is 12.8. The van der Waals surface area contributed by atoms with Gasteiger partial charge >= 0.3 is 11.9 Å². The largest absolute Gasteiger partial charge is 0.481 e. The van der Waals surface area contributed by atoms with Crippen molar-refractivity contribution in [1.29, 1.82) is 0 Å². The lowest BCUT2D eigenvalue weighted by Gasteiger charge is -2.44. The van der Waals surface area contributed by atoms with Crippen LogP contribution in [0.4, 0.5) is 0 Å². The topological polar surface area (TPSA) is 104 Å². The highest BCUT2D eigenvalue weighted by atomic mass is 16.5. The summed E-state index contributed by atoms with van der Waals surface area (Å²) in [5.41, 5.74) is 0.682. The van der Waals surface area contributed by atoms with Crippen LogP contribution < -0.4 is 0 Å². The zero-order valence-corrected chi connectivity index (χ0v) is 19.6. The molecule has 6 nitrogen and oxygen atoms in total. The standard InChI is InChI=1S/C25H40O6/c1-6-25(4,5)24(30)31-21-12-15(2)11-17-8-7-16(3)20(23(17)21)10-9-18(26)13-19(27)14-22(28)29/h7-8,11,15-16,18-21,23,26-27H,6,9-10,12-14H2,1-5H3,(H,28,29)/t15-,16+,18-,19-,20+,21+,23+/m1/s1. The molecule has 0 aromatic heterocycles. The number of carbonyl (C=O) groups excluding carboxylic acids is 1. The molecule has 3 N–H and O–H groups in total. The van der Waals surface area contributed by atoms with Gasteiger partial charge in [-0.15, -0.1) is 0 Å². The molecular weight excluding hydrogens is 396 g/mol. The fourth-order valence-electron chi connectivity index (χ4n) is 4.76. The normalized spacial score (nSPS) is 30.2. The second-order valence-electron chi connectivity index (χ2n) is 10.2. The molecule has 0 amide bonds. The van der Waals surface area contributed by atoms with Crippen molar-refractivity contribution in [2.24, 2.45) is 29.1 Å². The molecule has 2 aliphatic rings. The molecule has 6 heteroatoms. The molecule has 2 aliphatic carbocycles. The number of allylic oxidation sites excluding steroid dienone is 3. The minimum absolute atomic E-state index is 0.0523. The van der Waals surface area contributed by atoms with Crippen molar-refractivity contribution in [3.63, 3.8) is 0 Å². The van der Waals surface area contributed by atoms with Crippen LogP contribution in [0.1, 0.15) is 73.1 Å². The Bertz CT molecular complexity index is 694. The summed E-state index contributed by atoms with van der Waals surface area (Å²) < 4.78 is 6.10. The van der Waals surface area contributed by atoms with E-state index in [9.17, 15) is 19.8 Å². The van der Waals surface area contributed by atoms with Gasteiger partial charge in [0.15, 0.2) is 0 Å². The van der Waals surface area contributed by atoms with Gasteiger partial charge in [-0.3, -0.25) is 9.59 Å².